The van der Waals surface area contributed by atoms with E-state index in [-0.39, 0.29) is 17.2 Å². The van der Waals surface area contributed by atoms with E-state index in [0.717, 1.165) is 17.7 Å². The first kappa shape index (κ1) is 14.8. The first-order valence-corrected chi connectivity index (χ1v) is 6.66. The molecule has 2 N–H and O–H groups in total. The molecule has 1 aliphatic rings. The Labute approximate surface area is 118 Å². The lowest BCUT2D eigenvalue weighted by molar-refractivity contribution is 0.0363. The minimum absolute atomic E-state index is 0.128. The van der Waals surface area contributed by atoms with Gasteiger partial charge in [0.25, 0.3) is 0 Å². The van der Waals surface area contributed by atoms with Gasteiger partial charge < -0.3 is 19.9 Å². The Morgan fingerprint density at radius 3 is 2.80 bits per heavy atom. The number of carboxylic acids is 1. The highest BCUT2D eigenvalue weighted by Gasteiger charge is 2.31. The van der Waals surface area contributed by atoms with E-state index in [1.807, 2.05) is 6.07 Å². The zero-order valence-electron chi connectivity index (χ0n) is 12.1. The van der Waals surface area contributed by atoms with Crippen LogP contribution in [0.3, 0.4) is 0 Å². The van der Waals surface area contributed by atoms with Gasteiger partial charge in [0.1, 0.15) is 0 Å². The van der Waals surface area contributed by atoms with E-state index in [1.54, 1.807) is 19.2 Å². The van der Waals surface area contributed by atoms with E-state index < -0.39 is 5.97 Å². The molecule has 0 radical (unpaired) electrons. The third kappa shape index (κ3) is 3.71. The number of methoxy groups -OCH3 is 1. The van der Waals surface area contributed by atoms with Crippen molar-refractivity contribution in [1.82, 2.24) is 0 Å². The molecule has 0 aliphatic carbocycles. The number of carbonyl (C=O) groups is 1. The molecule has 2 rings (SSSR count). The van der Waals surface area contributed by atoms with E-state index >= 15 is 0 Å². The van der Waals surface area contributed by atoms with E-state index in [0.29, 0.717) is 13.2 Å². The quantitative estimate of drug-likeness (QED) is 0.867. The fourth-order valence-corrected chi connectivity index (χ4v) is 2.51. The van der Waals surface area contributed by atoms with Gasteiger partial charge >= 0.3 is 5.97 Å². The average Bonchev–Trinajstić information content (AvgIpc) is 2.68. The Bertz CT molecular complexity index is 499. The van der Waals surface area contributed by atoms with Gasteiger partial charge in [-0.3, -0.25) is 0 Å². The van der Waals surface area contributed by atoms with Crippen molar-refractivity contribution in [2.75, 3.05) is 19.0 Å². The fraction of sp³-hybridized carbons (Fsp3) is 0.533. The molecule has 1 heterocycles. The van der Waals surface area contributed by atoms with Crippen molar-refractivity contribution < 1.29 is 19.4 Å². The zero-order chi connectivity index (χ0) is 14.8. The molecule has 1 aromatic carbocycles. The van der Waals surface area contributed by atoms with Crippen LogP contribution in [-0.2, 0) is 16.1 Å². The Balaban J connectivity index is 2.16. The summed E-state index contributed by atoms with van der Waals surface area (Å²) in [6, 6.07) is 5.39. The summed E-state index contributed by atoms with van der Waals surface area (Å²) in [5.74, 6) is -0.936. The van der Waals surface area contributed by atoms with Gasteiger partial charge in [-0.05, 0) is 44.0 Å². The van der Waals surface area contributed by atoms with Crippen LogP contribution in [0.1, 0.15) is 36.2 Å². The number of anilines is 1. The van der Waals surface area contributed by atoms with Crippen LogP contribution in [0.25, 0.3) is 0 Å². The molecule has 1 atom stereocenters. The minimum Gasteiger partial charge on any atom is -0.478 e. The zero-order valence-corrected chi connectivity index (χ0v) is 12.1. The van der Waals surface area contributed by atoms with Crippen LogP contribution in [0.5, 0.6) is 0 Å². The summed E-state index contributed by atoms with van der Waals surface area (Å²) in [7, 11) is 1.59. The maximum Gasteiger partial charge on any atom is 0.335 e. The van der Waals surface area contributed by atoms with Gasteiger partial charge in [0, 0.05) is 12.8 Å². The lowest BCUT2D eigenvalue weighted by Gasteiger charge is -2.17. The van der Waals surface area contributed by atoms with Crippen molar-refractivity contribution in [3.05, 3.63) is 29.3 Å². The average molecular weight is 279 g/mol. The predicted molar refractivity (Wildman–Crippen MR) is 76.2 cm³/mol. The Hall–Kier alpha value is -1.59. The highest BCUT2D eigenvalue weighted by molar-refractivity contribution is 5.89. The standard InChI is InChI=1S/C15H21NO4/c1-15(2)7-13(9-20-15)16-12-5-10(8-19-3)4-11(6-12)14(17)18/h4-6,13,16H,7-9H2,1-3H3,(H,17,18). The van der Waals surface area contributed by atoms with Gasteiger partial charge in [0.05, 0.1) is 30.4 Å². The number of aromatic carboxylic acids is 1. The van der Waals surface area contributed by atoms with E-state index in [4.69, 9.17) is 14.6 Å². The van der Waals surface area contributed by atoms with Crippen LogP contribution in [0.15, 0.2) is 18.2 Å². The highest BCUT2D eigenvalue weighted by Crippen LogP contribution is 2.27. The lowest BCUT2D eigenvalue weighted by Crippen LogP contribution is -2.22. The summed E-state index contributed by atoms with van der Waals surface area (Å²) in [5.41, 5.74) is 1.77. The van der Waals surface area contributed by atoms with Gasteiger partial charge in [0.2, 0.25) is 0 Å². The number of ether oxygens (including phenoxy) is 2. The number of carboxylic acid groups (broad SMARTS) is 1. The number of rotatable bonds is 5. The van der Waals surface area contributed by atoms with Crippen molar-refractivity contribution in [3.8, 4) is 0 Å². The van der Waals surface area contributed by atoms with Crippen molar-refractivity contribution in [2.24, 2.45) is 0 Å². The topological polar surface area (TPSA) is 67.8 Å². The van der Waals surface area contributed by atoms with Crippen molar-refractivity contribution in [1.29, 1.82) is 0 Å². The predicted octanol–water partition coefficient (Wildman–Crippen LogP) is 2.51. The van der Waals surface area contributed by atoms with Gasteiger partial charge in [0.15, 0.2) is 0 Å². The Morgan fingerprint density at radius 1 is 1.50 bits per heavy atom. The molecule has 0 bridgehead atoms. The molecule has 110 valence electrons. The van der Waals surface area contributed by atoms with E-state index in [1.165, 1.54) is 0 Å². The lowest BCUT2D eigenvalue weighted by atomic mass is 10.0. The summed E-state index contributed by atoms with van der Waals surface area (Å²) in [6.07, 6.45) is 0.893. The second kappa shape index (κ2) is 5.81. The van der Waals surface area contributed by atoms with Gasteiger partial charge in [-0.1, -0.05) is 0 Å². The second-order valence-electron chi connectivity index (χ2n) is 5.77. The molecule has 5 nitrogen and oxygen atoms in total. The molecule has 1 saturated heterocycles. The molecule has 1 aliphatic heterocycles. The number of nitrogens with one attached hydrogen (secondary N) is 1. The summed E-state index contributed by atoms with van der Waals surface area (Å²) >= 11 is 0. The smallest absolute Gasteiger partial charge is 0.335 e. The van der Waals surface area contributed by atoms with Crippen LogP contribution in [0, 0.1) is 0 Å². The second-order valence-corrected chi connectivity index (χ2v) is 5.77. The largest absolute Gasteiger partial charge is 0.478 e. The van der Waals surface area contributed by atoms with Crippen molar-refractivity contribution in [3.63, 3.8) is 0 Å². The molecule has 0 spiro atoms. The van der Waals surface area contributed by atoms with Gasteiger partial charge in [-0.2, -0.15) is 0 Å². The third-order valence-corrected chi connectivity index (χ3v) is 3.33. The summed E-state index contributed by atoms with van der Waals surface area (Å²) < 4.78 is 10.8. The minimum atomic E-state index is -0.936. The Morgan fingerprint density at radius 2 is 2.25 bits per heavy atom. The van der Waals surface area contributed by atoms with Gasteiger partial charge in [-0.25, -0.2) is 4.79 Å². The van der Waals surface area contributed by atoms with Crippen LogP contribution >= 0.6 is 0 Å². The monoisotopic (exact) mass is 279 g/mol. The first-order valence-electron chi connectivity index (χ1n) is 6.66. The number of hydrogen-bond donors (Lipinski definition) is 2. The molecule has 1 aromatic rings. The maximum atomic E-state index is 11.2. The van der Waals surface area contributed by atoms with Crippen LogP contribution in [-0.4, -0.2) is 36.4 Å². The third-order valence-electron chi connectivity index (χ3n) is 3.33. The fourth-order valence-electron chi connectivity index (χ4n) is 2.51. The van der Waals surface area contributed by atoms with Crippen LogP contribution in [0.4, 0.5) is 5.69 Å². The summed E-state index contributed by atoms with van der Waals surface area (Å²) in [4.78, 5) is 11.2. The Kier molecular flexibility index (Phi) is 4.30. The van der Waals surface area contributed by atoms with E-state index in [2.05, 4.69) is 19.2 Å². The normalized spacial score (nSPS) is 20.9. The molecule has 0 amide bonds. The van der Waals surface area contributed by atoms with E-state index in [9.17, 15) is 4.79 Å². The molecular weight excluding hydrogens is 258 g/mol. The van der Waals surface area contributed by atoms with Crippen LogP contribution in [0.2, 0.25) is 0 Å². The SMILES string of the molecule is COCc1cc(NC2COC(C)(C)C2)cc(C(=O)O)c1. The van der Waals surface area contributed by atoms with Gasteiger partial charge in [-0.15, -0.1) is 0 Å². The molecule has 5 heteroatoms. The molecular formula is C15H21NO4. The molecule has 1 unspecified atom stereocenters. The summed E-state index contributed by atoms with van der Waals surface area (Å²) in [6.45, 7) is 5.13. The molecule has 20 heavy (non-hydrogen) atoms. The maximum absolute atomic E-state index is 11.2. The number of hydrogen-bond acceptors (Lipinski definition) is 4. The number of benzene rings is 1. The van der Waals surface area contributed by atoms with Crippen molar-refractivity contribution in [2.45, 2.75) is 38.5 Å². The molecule has 1 fully saturated rings. The van der Waals surface area contributed by atoms with Crippen molar-refractivity contribution >= 4 is 11.7 Å². The highest BCUT2D eigenvalue weighted by atomic mass is 16.5. The molecule has 0 saturated carbocycles. The van der Waals surface area contributed by atoms with Crippen LogP contribution < -0.4 is 5.32 Å². The molecule has 0 aromatic heterocycles. The summed E-state index contributed by atoms with van der Waals surface area (Å²) in [5, 5.41) is 12.5. The first-order chi connectivity index (χ1) is 9.39.